The van der Waals surface area contributed by atoms with E-state index in [4.69, 9.17) is 5.73 Å². The van der Waals surface area contributed by atoms with Gasteiger partial charge in [0.25, 0.3) is 0 Å². The van der Waals surface area contributed by atoms with Crippen molar-refractivity contribution in [2.45, 2.75) is 38.6 Å². The van der Waals surface area contributed by atoms with Crippen LogP contribution in [0.1, 0.15) is 32.6 Å². The predicted molar refractivity (Wildman–Crippen MR) is 70.7 cm³/mol. The van der Waals surface area contributed by atoms with E-state index in [0.717, 1.165) is 32.4 Å². The smallest absolute Gasteiger partial charge is 0.227 e. The van der Waals surface area contributed by atoms with E-state index in [9.17, 15) is 4.79 Å². The fourth-order valence-corrected chi connectivity index (χ4v) is 2.53. The van der Waals surface area contributed by atoms with Gasteiger partial charge < -0.3 is 15.5 Å². The monoisotopic (exact) mass is 241 g/mol. The van der Waals surface area contributed by atoms with Crippen LogP contribution in [0.15, 0.2) is 0 Å². The maximum absolute atomic E-state index is 12.3. The van der Waals surface area contributed by atoms with Gasteiger partial charge in [-0.15, -0.1) is 0 Å². The molecule has 0 spiro atoms. The fourth-order valence-electron chi connectivity index (χ4n) is 2.53. The lowest BCUT2D eigenvalue weighted by Crippen LogP contribution is -2.50. The van der Waals surface area contributed by atoms with Crippen LogP contribution in [0.3, 0.4) is 0 Å². The second-order valence-electron chi connectivity index (χ2n) is 5.27. The maximum Gasteiger partial charge on any atom is 0.227 e. The van der Waals surface area contributed by atoms with Crippen molar-refractivity contribution in [1.29, 1.82) is 0 Å². The van der Waals surface area contributed by atoms with Gasteiger partial charge in [0.2, 0.25) is 5.91 Å². The predicted octanol–water partition coefficient (Wildman–Crippen LogP) is 0.914. The van der Waals surface area contributed by atoms with Gasteiger partial charge in [-0.2, -0.15) is 0 Å². The first-order chi connectivity index (χ1) is 8.10. The first-order valence-electron chi connectivity index (χ1n) is 6.75. The second kappa shape index (κ2) is 6.97. The standard InChI is InChI=1S/C13H27N3O/c1-4-6-11(9-14)13(17)16-8-5-7-12(10-16)15(2)3/h11-12H,4-10,14H2,1-3H3. The van der Waals surface area contributed by atoms with Crippen LogP contribution in [0, 0.1) is 5.92 Å². The van der Waals surface area contributed by atoms with Crippen molar-refractivity contribution in [2.24, 2.45) is 11.7 Å². The number of hydrogen-bond acceptors (Lipinski definition) is 3. The van der Waals surface area contributed by atoms with Gasteiger partial charge in [0.15, 0.2) is 0 Å². The van der Waals surface area contributed by atoms with Gasteiger partial charge in [0, 0.05) is 25.7 Å². The summed E-state index contributed by atoms with van der Waals surface area (Å²) >= 11 is 0. The summed E-state index contributed by atoms with van der Waals surface area (Å²) in [4.78, 5) is 16.5. The van der Waals surface area contributed by atoms with E-state index < -0.39 is 0 Å². The summed E-state index contributed by atoms with van der Waals surface area (Å²) in [6.45, 7) is 4.36. The molecule has 4 nitrogen and oxygen atoms in total. The van der Waals surface area contributed by atoms with Crippen LogP contribution in [0.4, 0.5) is 0 Å². The van der Waals surface area contributed by atoms with Gasteiger partial charge >= 0.3 is 0 Å². The summed E-state index contributed by atoms with van der Waals surface area (Å²) < 4.78 is 0. The average Bonchev–Trinajstić information content (AvgIpc) is 2.35. The summed E-state index contributed by atoms with van der Waals surface area (Å²) in [6, 6.07) is 0.507. The molecule has 2 atom stereocenters. The maximum atomic E-state index is 12.3. The molecule has 1 aliphatic heterocycles. The normalized spacial score (nSPS) is 22.9. The van der Waals surface area contributed by atoms with Crippen molar-refractivity contribution in [1.82, 2.24) is 9.80 Å². The number of amides is 1. The van der Waals surface area contributed by atoms with Gasteiger partial charge in [-0.3, -0.25) is 4.79 Å². The van der Waals surface area contributed by atoms with Gasteiger partial charge in [-0.05, 0) is 33.4 Å². The van der Waals surface area contributed by atoms with Gasteiger partial charge in [0.05, 0.1) is 5.92 Å². The van der Waals surface area contributed by atoms with Crippen molar-refractivity contribution < 1.29 is 4.79 Å². The molecule has 17 heavy (non-hydrogen) atoms. The van der Waals surface area contributed by atoms with Gasteiger partial charge in [-0.1, -0.05) is 13.3 Å². The van der Waals surface area contributed by atoms with E-state index in [0.29, 0.717) is 12.6 Å². The zero-order valence-electron chi connectivity index (χ0n) is 11.5. The Morgan fingerprint density at radius 3 is 2.76 bits per heavy atom. The van der Waals surface area contributed by atoms with Crippen molar-refractivity contribution in [3.63, 3.8) is 0 Å². The zero-order chi connectivity index (χ0) is 12.8. The molecule has 0 aromatic rings. The number of piperidine rings is 1. The Bertz CT molecular complexity index is 243. The van der Waals surface area contributed by atoms with Crippen LogP contribution >= 0.6 is 0 Å². The summed E-state index contributed by atoms with van der Waals surface area (Å²) in [7, 11) is 4.18. The Hall–Kier alpha value is -0.610. The van der Waals surface area contributed by atoms with E-state index in [1.165, 1.54) is 6.42 Å². The molecule has 0 aliphatic carbocycles. The van der Waals surface area contributed by atoms with Crippen LogP contribution in [0.2, 0.25) is 0 Å². The molecule has 1 aliphatic rings. The molecule has 0 saturated carbocycles. The zero-order valence-corrected chi connectivity index (χ0v) is 11.5. The Morgan fingerprint density at radius 2 is 2.24 bits per heavy atom. The molecule has 0 bridgehead atoms. The van der Waals surface area contributed by atoms with Crippen LogP contribution in [0.5, 0.6) is 0 Å². The topological polar surface area (TPSA) is 49.6 Å². The highest BCUT2D eigenvalue weighted by atomic mass is 16.2. The number of likely N-dealkylation sites (tertiary alicyclic amines) is 1. The molecular formula is C13H27N3O. The number of likely N-dealkylation sites (N-methyl/N-ethyl adjacent to an activating group) is 1. The lowest BCUT2D eigenvalue weighted by Gasteiger charge is -2.37. The number of nitrogens with two attached hydrogens (primary N) is 1. The molecule has 2 unspecified atom stereocenters. The SMILES string of the molecule is CCCC(CN)C(=O)N1CCCC(N(C)C)C1. The van der Waals surface area contributed by atoms with Gasteiger partial charge in [-0.25, -0.2) is 0 Å². The molecule has 1 rings (SSSR count). The first-order valence-corrected chi connectivity index (χ1v) is 6.75. The minimum Gasteiger partial charge on any atom is -0.341 e. The fraction of sp³-hybridized carbons (Fsp3) is 0.923. The van der Waals surface area contributed by atoms with E-state index in [2.05, 4.69) is 25.9 Å². The van der Waals surface area contributed by atoms with Crippen molar-refractivity contribution >= 4 is 5.91 Å². The van der Waals surface area contributed by atoms with Gasteiger partial charge in [0.1, 0.15) is 0 Å². The summed E-state index contributed by atoms with van der Waals surface area (Å²) in [5.74, 6) is 0.293. The van der Waals surface area contributed by atoms with E-state index in [1.807, 2.05) is 4.90 Å². The highest BCUT2D eigenvalue weighted by molar-refractivity contribution is 5.79. The molecule has 1 fully saturated rings. The Morgan fingerprint density at radius 1 is 1.53 bits per heavy atom. The third-order valence-corrected chi connectivity index (χ3v) is 3.71. The molecule has 4 heteroatoms. The quantitative estimate of drug-likeness (QED) is 0.778. The molecule has 100 valence electrons. The van der Waals surface area contributed by atoms with Crippen molar-refractivity contribution in [2.75, 3.05) is 33.7 Å². The molecule has 0 aromatic carbocycles. The van der Waals surface area contributed by atoms with Crippen LogP contribution in [-0.2, 0) is 4.79 Å². The Labute approximate surface area is 105 Å². The molecule has 1 saturated heterocycles. The molecule has 1 amide bonds. The number of rotatable bonds is 5. The molecule has 0 aromatic heterocycles. The average molecular weight is 241 g/mol. The largest absolute Gasteiger partial charge is 0.341 e. The number of nitrogens with zero attached hydrogens (tertiary/aromatic N) is 2. The van der Waals surface area contributed by atoms with E-state index >= 15 is 0 Å². The van der Waals surface area contributed by atoms with Crippen LogP contribution in [-0.4, -0.2) is 55.5 Å². The summed E-state index contributed by atoms with van der Waals surface area (Å²) in [5.41, 5.74) is 5.70. The second-order valence-corrected chi connectivity index (χ2v) is 5.27. The highest BCUT2D eigenvalue weighted by Gasteiger charge is 2.28. The number of carbonyl (C=O) groups is 1. The number of carbonyl (C=O) groups excluding carboxylic acids is 1. The van der Waals surface area contributed by atoms with Crippen LogP contribution in [0.25, 0.3) is 0 Å². The molecule has 2 N–H and O–H groups in total. The molecule has 0 radical (unpaired) electrons. The third kappa shape index (κ3) is 3.96. The third-order valence-electron chi connectivity index (χ3n) is 3.71. The Kier molecular flexibility index (Phi) is 5.92. The first kappa shape index (κ1) is 14.5. The minimum atomic E-state index is 0.0286. The minimum absolute atomic E-state index is 0.0286. The Balaban J connectivity index is 2.55. The lowest BCUT2D eigenvalue weighted by molar-refractivity contribution is -0.137. The van der Waals surface area contributed by atoms with E-state index in [1.54, 1.807) is 0 Å². The van der Waals surface area contributed by atoms with Crippen molar-refractivity contribution in [3.8, 4) is 0 Å². The molecular weight excluding hydrogens is 214 g/mol. The highest BCUT2D eigenvalue weighted by Crippen LogP contribution is 2.17. The number of hydrogen-bond donors (Lipinski definition) is 1. The molecule has 1 heterocycles. The summed E-state index contributed by atoms with van der Waals surface area (Å²) in [6.07, 6.45) is 4.24. The van der Waals surface area contributed by atoms with E-state index in [-0.39, 0.29) is 11.8 Å². The van der Waals surface area contributed by atoms with Crippen LogP contribution < -0.4 is 5.73 Å². The summed E-state index contributed by atoms with van der Waals surface area (Å²) in [5, 5.41) is 0. The van der Waals surface area contributed by atoms with Crippen molar-refractivity contribution in [3.05, 3.63) is 0 Å². The lowest BCUT2D eigenvalue weighted by atomic mass is 9.98.